The van der Waals surface area contributed by atoms with Gasteiger partial charge in [0.1, 0.15) is 0 Å². The van der Waals surface area contributed by atoms with Crippen molar-refractivity contribution < 1.29 is 0 Å². The van der Waals surface area contributed by atoms with Crippen LogP contribution in [0.2, 0.25) is 0 Å². The van der Waals surface area contributed by atoms with E-state index in [0.29, 0.717) is 12.0 Å². The van der Waals surface area contributed by atoms with Crippen LogP contribution in [-0.2, 0) is 0 Å². The maximum Gasteiger partial charge on any atom is 0.0640 e. The molecule has 2 heteroatoms. The lowest BCUT2D eigenvalue weighted by Crippen LogP contribution is -2.30. The van der Waals surface area contributed by atoms with Crippen molar-refractivity contribution in [3.63, 3.8) is 0 Å². The highest BCUT2D eigenvalue weighted by molar-refractivity contribution is 8.03. The van der Waals surface area contributed by atoms with Crippen molar-refractivity contribution in [3.05, 3.63) is 107 Å². The summed E-state index contributed by atoms with van der Waals surface area (Å²) in [5.41, 5.74) is 8.20. The number of nitrogens with zero attached hydrogens (tertiary/aromatic N) is 1. The predicted molar refractivity (Wildman–Crippen MR) is 120 cm³/mol. The van der Waals surface area contributed by atoms with Crippen LogP contribution in [0.15, 0.2) is 101 Å². The molecule has 0 N–H and O–H groups in total. The Morgan fingerprint density at radius 2 is 1.54 bits per heavy atom. The lowest BCUT2D eigenvalue weighted by molar-refractivity contribution is 0.729. The van der Waals surface area contributed by atoms with Crippen LogP contribution in [0.5, 0.6) is 0 Å². The average Bonchev–Trinajstić information content (AvgIpc) is 3.36. The summed E-state index contributed by atoms with van der Waals surface area (Å²) in [6, 6.07) is 29.0. The van der Waals surface area contributed by atoms with E-state index in [4.69, 9.17) is 0 Å². The molecule has 3 aliphatic rings. The van der Waals surface area contributed by atoms with Crippen LogP contribution in [0, 0.1) is 0 Å². The molecule has 2 heterocycles. The summed E-state index contributed by atoms with van der Waals surface area (Å²) in [4.78, 5) is 4.14. The quantitative estimate of drug-likeness (QED) is 0.475. The molecule has 6 rings (SSSR count). The lowest BCUT2D eigenvalue weighted by atomic mass is 9.87. The Kier molecular flexibility index (Phi) is 3.73. The lowest BCUT2D eigenvalue weighted by Gasteiger charge is -2.31. The topological polar surface area (TPSA) is 3.24 Å². The summed E-state index contributed by atoms with van der Waals surface area (Å²) in [5.74, 6) is 1.71. The van der Waals surface area contributed by atoms with Crippen LogP contribution in [0.1, 0.15) is 17.9 Å². The number of fused-ring (bicyclic) bond motifs is 4. The smallest absolute Gasteiger partial charge is 0.0640 e. The molecule has 2 atom stereocenters. The Balaban J connectivity index is 1.43. The van der Waals surface area contributed by atoms with E-state index in [1.165, 1.54) is 40.2 Å². The Labute approximate surface area is 170 Å². The summed E-state index contributed by atoms with van der Waals surface area (Å²) in [7, 11) is 0. The summed E-state index contributed by atoms with van der Waals surface area (Å²) in [5, 5.41) is 0. The molecular weight excluding hydrogens is 358 g/mol. The van der Waals surface area contributed by atoms with Crippen LogP contribution in [-0.4, -0.2) is 11.8 Å². The molecule has 136 valence electrons. The van der Waals surface area contributed by atoms with Crippen molar-refractivity contribution in [2.45, 2.75) is 18.4 Å². The first-order valence-corrected chi connectivity index (χ1v) is 11.0. The molecule has 3 aromatic rings. The highest BCUT2D eigenvalue weighted by atomic mass is 32.2. The van der Waals surface area contributed by atoms with Gasteiger partial charge >= 0.3 is 0 Å². The van der Waals surface area contributed by atoms with Gasteiger partial charge in [0, 0.05) is 23.0 Å². The maximum absolute atomic E-state index is 2.54. The van der Waals surface area contributed by atoms with Gasteiger partial charge in [-0.1, -0.05) is 72.8 Å². The van der Waals surface area contributed by atoms with Crippen molar-refractivity contribution >= 4 is 23.1 Å². The second kappa shape index (κ2) is 6.42. The first-order chi connectivity index (χ1) is 13.9. The third kappa shape index (κ3) is 2.41. The fourth-order valence-corrected chi connectivity index (χ4v) is 6.21. The standard InChI is InChI=1S/C26H21NS/c1-2-6-18(7-3-1)19-10-13-21(14-11-19)27-23-9-5-4-8-22(23)25-24(27)15-12-20-16-17-28-26(20)25/h1-15,24-25H,16-17H2. The summed E-state index contributed by atoms with van der Waals surface area (Å²) in [6.07, 6.45) is 6.03. The Hall–Kier alpha value is -2.71. The van der Waals surface area contributed by atoms with E-state index in [1.807, 2.05) is 0 Å². The zero-order chi connectivity index (χ0) is 18.5. The normalized spacial score (nSPS) is 22.2. The largest absolute Gasteiger partial charge is 0.333 e. The summed E-state index contributed by atoms with van der Waals surface area (Å²) in [6.45, 7) is 0. The number of hydrogen-bond donors (Lipinski definition) is 0. The van der Waals surface area contributed by atoms with Crippen LogP contribution in [0.4, 0.5) is 11.4 Å². The molecule has 0 amide bonds. The number of allylic oxidation sites excluding steroid dienone is 2. The minimum Gasteiger partial charge on any atom is -0.333 e. The predicted octanol–water partition coefficient (Wildman–Crippen LogP) is 6.92. The molecule has 28 heavy (non-hydrogen) atoms. The Bertz CT molecular complexity index is 1090. The molecule has 0 saturated carbocycles. The van der Waals surface area contributed by atoms with E-state index in [2.05, 4.69) is 108 Å². The number of hydrogen-bond acceptors (Lipinski definition) is 2. The van der Waals surface area contributed by atoms with Crippen LogP contribution in [0.3, 0.4) is 0 Å². The molecular formula is C26H21NS. The number of para-hydroxylation sites is 1. The van der Waals surface area contributed by atoms with Gasteiger partial charge in [-0.3, -0.25) is 0 Å². The molecule has 2 unspecified atom stereocenters. The number of rotatable bonds is 2. The number of benzene rings is 3. The fourth-order valence-electron chi connectivity index (χ4n) is 4.87. The molecule has 1 aliphatic carbocycles. The van der Waals surface area contributed by atoms with E-state index in [-0.39, 0.29) is 0 Å². The minimum atomic E-state index is 0.379. The van der Waals surface area contributed by atoms with Crippen molar-refractivity contribution in [1.29, 1.82) is 0 Å². The van der Waals surface area contributed by atoms with Crippen molar-refractivity contribution in [2.24, 2.45) is 0 Å². The van der Waals surface area contributed by atoms with Gasteiger partial charge < -0.3 is 4.90 Å². The van der Waals surface area contributed by atoms with Crippen LogP contribution < -0.4 is 4.90 Å². The molecule has 0 radical (unpaired) electrons. The number of thioether (sulfide) groups is 1. The highest BCUT2D eigenvalue weighted by Crippen LogP contribution is 2.55. The van der Waals surface area contributed by atoms with E-state index < -0.39 is 0 Å². The second-order valence-corrected chi connectivity index (χ2v) is 8.79. The van der Waals surface area contributed by atoms with Crippen molar-refractivity contribution in [1.82, 2.24) is 0 Å². The third-order valence-electron chi connectivity index (χ3n) is 6.15. The van der Waals surface area contributed by atoms with Crippen molar-refractivity contribution in [2.75, 3.05) is 10.7 Å². The summed E-state index contributed by atoms with van der Waals surface area (Å²) < 4.78 is 0. The monoisotopic (exact) mass is 379 g/mol. The van der Waals surface area contributed by atoms with Gasteiger partial charge in [-0.25, -0.2) is 0 Å². The zero-order valence-corrected chi connectivity index (χ0v) is 16.4. The van der Waals surface area contributed by atoms with Crippen LogP contribution in [0.25, 0.3) is 11.1 Å². The molecule has 0 spiro atoms. The van der Waals surface area contributed by atoms with E-state index in [1.54, 1.807) is 10.5 Å². The van der Waals surface area contributed by atoms with Gasteiger partial charge in [0.05, 0.1) is 6.04 Å². The molecule has 0 aromatic heterocycles. The highest BCUT2D eigenvalue weighted by Gasteiger charge is 2.43. The van der Waals surface area contributed by atoms with Gasteiger partial charge in [0.15, 0.2) is 0 Å². The molecule has 0 fully saturated rings. The fraction of sp³-hybridized carbons (Fsp3) is 0.154. The molecule has 3 aromatic carbocycles. The zero-order valence-electron chi connectivity index (χ0n) is 15.6. The van der Waals surface area contributed by atoms with E-state index in [0.717, 1.165) is 0 Å². The van der Waals surface area contributed by atoms with Gasteiger partial charge in [-0.05, 0) is 51.8 Å². The minimum absolute atomic E-state index is 0.379. The average molecular weight is 380 g/mol. The molecule has 0 bridgehead atoms. The first kappa shape index (κ1) is 16.3. The van der Waals surface area contributed by atoms with Gasteiger partial charge in [0.25, 0.3) is 0 Å². The third-order valence-corrected chi connectivity index (χ3v) is 7.38. The first-order valence-electron chi connectivity index (χ1n) is 9.98. The van der Waals surface area contributed by atoms with Crippen LogP contribution >= 0.6 is 11.8 Å². The Morgan fingerprint density at radius 1 is 0.786 bits per heavy atom. The van der Waals surface area contributed by atoms with E-state index >= 15 is 0 Å². The van der Waals surface area contributed by atoms with Gasteiger partial charge in [-0.15, -0.1) is 11.8 Å². The SMILES string of the molecule is C1=CC2C(C3=C1CCS3)c1ccccc1N2c1ccc(-c2ccccc2)cc1. The maximum atomic E-state index is 2.54. The van der Waals surface area contributed by atoms with Gasteiger partial charge in [-0.2, -0.15) is 0 Å². The number of anilines is 2. The van der Waals surface area contributed by atoms with E-state index in [9.17, 15) is 0 Å². The second-order valence-electron chi connectivity index (χ2n) is 7.66. The van der Waals surface area contributed by atoms with Crippen molar-refractivity contribution in [3.8, 4) is 11.1 Å². The van der Waals surface area contributed by atoms with Gasteiger partial charge in [0.2, 0.25) is 0 Å². The Morgan fingerprint density at radius 3 is 2.39 bits per heavy atom. The summed E-state index contributed by atoms with van der Waals surface area (Å²) >= 11 is 2.06. The molecule has 2 aliphatic heterocycles. The molecule has 1 nitrogen and oxygen atoms in total. The molecule has 0 saturated heterocycles.